The molecule has 0 radical (unpaired) electrons. The third-order valence-electron chi connectivity index (χ3n) is 9.44. The number of hydrogen-bond donors (Lipinski definition) is 2. The van der Waals surface area contributed by atoms with Crippen molar-refractivity contribution in [3.8, 4) is 0 Å². The minimum atomic E-state index is -4.07. The van der Waals surface area contributed by atoms with Crippen molar-refractivity contribution in [2.75, 3.05) is 33.5 Å². The van der Waals surface area contributed by atoms with E-state index in [1.807, 2.05) is 0 Å². The Hall–Kier alpha value is -1.32. The van der Waals surface area contributed by atoms with Gasteiger partial charge in [-0.3, -0.25) is 0 Å². The van der Waals surface area contributed by atoms with E-state index >= 15 is 0 Å². The zero-order valence-corrected chi connectivity index (χ0v) is 35.1. The van der Waals surface area contributed by atoms with Crippen molar-refractivity contribution in [1.29, 1.82) is 0 Å². The van der Waals surface area contributed by atoms with E-state index in [1.54, 1.807) is 6.92 Å². The molecule has 0 saturated carbocycles. The molecule has 1 atom stereocenters. The molecule has 0 aromatic rings. The Balaban J connectivity index is 4.49. The molecule has 0 aliphatic heterocycles. The van der Waals surface area contributed by atoms with Crippen LogP contribution in [0.4, 0.5) is 0 Å². The van der Waals surface area contributed by atoms with Crippen LogP contribution in [0.15, 0.2) is 0 Å². The number of rotatable bonds is 40. The van der Waals surface area contributed by atoms with Gasteiger partial charge in [0.15, 0.2) is 0 Å². The Morgan fingerprint density at radius 1 is 0.558 bits per heavy atom. The van der Waals surface area contributed by atoms with Gasteiger partial charge in [0, 0.05) is 0 Å². The summed E-state index contributed by atoms with van der Waals surface area (Å²) in [6, 6.07) is 0. The van der Waals surface area contributed by atoms with Crippen molar-refractivity contribution in [3.05, 3.63) is 0 Å². The number of hydrogen-bond acceptors (Lipinski definition) is 9. The molecule has 0 heterocycles. The van der Waals surface area contributed by atoms with Crippen LogP contribution in [0.3, 0.4) is 0 Å². The molecule has 0 aromatic carbocycles. The SMILES string of the molecule is CCCCCCCCCCCCCCCC(=O)OCC(CO[PH](O)(OC)OCCNC(=O)CC)OC(=O)CCCCCCCCCCCCCCC. The number of carbonyl (C=O) groups excluding carboxylic acids is 3. The van der Waals surface area contributed by atoms with Crippen molar-refractivity contribution >= 4 is 26.0 Å². The number of nitrogens with one attached hydrogen (secondary N) is 1. The number of amides is 1. The maximum absolute atomic E-state index is 12.7. The predicted molar refractivity (Wildman–Crippen MR) is 214 cm³/mol. The van der Waals surface area contributed by atoms with E-state index in [2.05, 4.69) is 19.2 Å². The molecule has 0 aliphatic rings. The monoisotopic (exact) mass is 764 g/mol. The van der Waals surface area contributed by atoms with Gasteiger partial charge in [0.25, 0.3) is 0 Å². The molecule has 52 heavy (non-hydrogen) atoms. The second-order valence-corrected chi connectivity index (χ2v) is 16.4. The predicted octanol–water partition coefficient (Wildman–Crippen LogP) is 11.0. The normalized spacial score (nSPS) is 12.5. The summed E-state index contributed by atoms with van der Waals surface area (Å²) in [7, 11) is -2.81. The van der Waals surface area contributed by atoms with Gasteiger partial charge in [-0.1, -0.05) is 110 Å². The molecular weight excluding hydrogens is 681 g/mol. The van der Waals surface area contributed by atoms with Gasteiger partial charge >= 0.3 is 210 Å². The van der Waals surface area contributed by atoms with E-state index in [1.165, 1.54) is 136 Å². The van der Waals surface area contributed by atoms with E-state index in [0.29, 0.717) is 12.8 Å². The van der Waals surface area contributed by atoms with E-state index in [-0.39, 0.29) is 44.7 Å². The fraction of sp³-hybridized carbons (Fsp3) is 0.927. The Morgan fingerprint density at radius 2 is 0.962 bits per heavy atom. The average molecular weight is 764 g/mol. The quantitative estimate of drug-likeness (QED) is 0.0356. The molecule has 0 aliphatic carbocycles. The summed E-state index contributed by atoms with van der Waals surface area (Å²) in [5.41, 5.74) is 0. The van der Waals surface area contributed by atoms with Gasteiger partial charge in [-0.2, -0.15) is 0 Å². The third kappa shape index (κ3) is 34.4. The zero-order chi connectivity index (χ0) is 38.4. The zero-order valence-electron chi connectivity index (χ0n) is 34.1. The second-order valence-electron chi connectivity index (χ2n) is 14.4. The molecule has 0 aromatic heterocycles. The minimum Gasteiger partial charge on any atom is -0.0654 e. The number of unbranched alkanes of at least 4 members (excludes halogenated alkanes) is 24. The van der Waals surface area contributed by atoms with Crippen LogP contribution < -0.4 is 5.32 Å². The first kappa shape index (κ1) is 50.7. The van der Waals surface area contributed by atoms with E-state index in [0.717, 1.165) is 38.5 Å². The van der Waals surface area contributed by atoms with Crippen LogP contribution >= 0.6 is 8.17 Å². The first-order valence-corrected chi connectivity index (χ1v) is 23.1. The van der Waals surface area contributed by atoms with Crippen LogP contribution in [0.2, 0.25) is 0 Å². The van der Waals surface area contributed by atoms with Crippen LogP contribution in [-0.4, -0.2) is 62.3 Å². The molecule has 10 nitrogen and oxygen atoms in total. The Kier molecular flexibility index (Phi) is 37.0. The van der Waals surface area contributed by atoms with Crippen molar-refractivity contribution in [2.45, 2.75) is 213 Å². The molecule has 2 N–H and O–H groups in total. The summed E-state index contributed by atoms with van der Waals surface area (Å²) in [5, 5.41) is 2.66. The van der Waals surface area contributed by atoms with Crippen LogP contribution in [0.1, 0.15) is 207 Å². The standard InChI is InChI=1S/C41H82NO9P/c1-5-8-10-12-14-16-18-20-22-24-26-28-30-32-40(44)48-36-38(37-50-52(46,47-4)49-35-34-42-39(43)7-3)51-41(45)33-31-29-27-25-23-21-19-17-15-13-11-9-6-2/h38,46,52H,5-37H2,1-4H3,(H,42,43). The number of carbonyl (C=O) groups is 3. The maximum atomic E-state index is 12.7. The molecule has 1 unspecified atom stereocenters. The van der Waals surface area contributed by atoms with Crippen LogP contribution in [0.25, 0.3) is 0 Å². The Morgan fingerprint density at radius 3 is 1.37 bits per heavy atom. The summed E-state index contributed by atoms with van der Waals surface area (Å²) in [6.07, 6.45) is 31.8. The summed E-state index contributed by atoms with van der Waals surface area (Å²) in [6.45, 7) is 5.98. The van der Waals surface area contributed by atoms with Gasteiger partial charge in [-0.25, -0.2) is 0 Å². The molecule has 0 rings (SSSR count). The minimum absolute atomic E-state index is 0.0140. The van der Waals surface area contributed by atoms with E-state index < -0.39 is 20.2 Å². The molecule has 310 valence electrons. The Bertz CT molecular complexity index is 834. The summed E-state index contributed by atoms with van der Waals surface area (Å²) in [4.78, 5) is 47.5. The first-order valence-electron chi connectivity index (χ1n) is 21.5. The fourth-order valence-electron chi connectivity index (χ4n) is 6.05. The molecule has 0 bridgehead atoms. The Labute approximate surface area is 319 Å². The van der Waals surface area contributed by atoms with E-state index in [4.69, 9.17) is 23.0 Å². The molecular formula is C41H82NO9P. The average Bonchev–Trinajstić information content (AvgIpc) is 3.14. The summed E-state index contributed by atoms with van der Waals surface area (Å²) >= 11 is 0. The first-order chi connectivity index (χ1) is 25.3. The van der Waals surface area contributed by atoms with Crippen LogP contribution in [0, 0.1) is 0 Å². The van der Waals surface area contributed by atoms with Crippen molar-refractivity contribution < 1.29 is 42.3 Å². The molecule has 0 saturated heterocycles. The topological polar surface area (TPSA) is 130 Å². The molecule has 11 heteroatoms. The number of ether oxygens (including phenoxy) is 2. The van der Waals surface area contributed by atoms with Crippen molar-refractivity contribution in [2.24, 2.45) is 0 Å². The van der Waals surface area contributed by atoms with Crippen molar-refractivity contribution in [3.63, 3.8) is 0 Å². The fourth-order valence-corrected chi connectivity index (χ4v) is 7.12. The van der Waals surface area contributed by atoms with Gasteiger partial charge in [0.05, 0.1) is 0 Å². The summed E-state index contributed by atoms with van der Waals surface area (Å²) in [5.74, 6) is -0.874. The van der Waals surface area contributed by atoms with E-state index in [9.17, 15) is 19.3 Å². The van der Waals surface area contributed by atoms with Gasteiger partial charge in [0.1, 0.15) is 0 Å². The summed E-state index contributed by atoms with van der Waals surface area (Å²) < 4.78 is 27.3. The smallest absolute Gasteiger partial charge is 0.0654 e. The van der Waals surface area contributed by atoms with Gasteiger partial charge in [0.2, 0.25) is 0 Å². The molecule has 0 spiro atoms. The van der Waals surface area contributed by atoms with Crippen LogP contribution in [0.5, 0.6) is 0 Å². The second kappa shape index (κ2) is 38.0. The molecule has 0 fully saturated rings. The third-order valence-corrected chi connectivity index (χ3v) is 11.1. The van der Waals surface area contributed by atoms with Crippen molar-refractivity contribution in [1.82, 2.24) is 5.32 Å². The number of esters is 2. The van der Waals surface area contributed by atoms with Crippen LogP contribution in [-0.2, 0) is 37.4 Å². The molecule has 1 amide bonds. The van der Waals surface area contributed by atoms with Gasteiger partial charge in [-0.05, 0) is 0 Å². The van der Waals surface area contributed by atoms with Gasteiger partial charge in [-0.15, -0.1) is 0 Å². The van der Waals surface area contributed by atoms with Gasteiger partial charge < -0.3 is 0 Å².